The first-order valence-corrected chi connectivity index (χ1v) is 9.95. The molecule has 0 aliphatic rings. The summed E-state index contributed by atoms with van der Waals surface area (Å²) in [6.07, 6.45) is 3.36. The molecule has 1 unspecified atom stereocenters. The molecule has 1 atom stereocenters. The molecule has 2 rings (SSSR count). The highest BCUT2D eigenvalue weighted by Crippen LogP contribution is 2.21. The van der Waals surface area contributed by atoms with E-state index < -0.39 is 10.0 Å². The Balaban J connectivity index is 1.84. The maximum absolute atomic E-state index is 12.2. The van der Waals surface area contributed by atoms with Gasteiger partial charge in [0, 0.05) is 22.9 Å². The van der Waals surface area contributed by atoms with Crippen LogP contribution >= 0.6 is 15.9 Å². The molecule has 1 aromatic carbocycles. The van der Waals surface area contributed by atoms with E-state index in [1.165, 1.54) is 12.1 Å². The summed E-state index contributed by atoms with van der Waals surface area (Å²) < 4.78 is 33.1. The smallest absolute Gasteiger partial charge is 0.240 e. The van der Waals surface area contributed by atoms with E-state index in [1.807, 2.05) is 12.1 Å². The van der Waals surface area contributed by atoms with Gasteiger partial charge < -0.3 is 4.74 Å². The Labute approximate surface area is 151 Å². The van der Waals surface area contributed by atoms with Gasteiger partial charge >= 0.3 is 0 Å². The number of methoxy groups -OCH3 is 1. The van der Waals surface area contributed by atoms with Crippen molar-refractivity contribution in [1.29, 1.82) is 0 Å². The molecule has 2 aromatic rings. The second-order valence-electron chi connectivity index (χ2n) is 5.52. The SMILES string of the molecule is COc1ccc(S(=O)(=O)NCCCC(C)c2cc(Br)ccn2)cc1. The Morgan fingerprint density at radius 3 is 2.58 bits per heavy atom. The van der Waals surface area contributed by atoms with Gasteiger partial charge in [0.05, 0.1) is 12.0 Å². The molecule has 0 bridgehead atoms. The van der Waals surface area contributed by atoms with E-state index >= 15 is 0 Å². The molecule has 0 saturated carbocycles. The third kappa shape index (κ3) is 5.29. The van der Waals surface area contributed by atoms with E-state index in [9.17, 15) is 8.42 Å². The third-order valence-corrected chi connectivity index (χ3v) is 5.69. The maximum atomic E-state index is 12.2. The van der Waals surface area contributed by atoms with Crippen LogP contribution in [0.25, 0.3) is 0 Å². The number of hydrogen-bond donors (Lipinski definition) is 1. The highest BCUT2D eigenvalue weighted by Gasteiger charge is 2.14. The van der Waals surface area contributed by atoms with Crippen LogP contribution in [0.1, 0.15) is 31.4 Å². The topological polar surface area (TPSA) is 68.3 Å². The van der Waals surface area contributed by atoms with Crippen molar-refractivity contribution in [2.24, 2.45) is 0 Å². The summed E-state index contributed by atoms with van der Waals surface area (Å²) in [5.41, 5.74) is 1.00. The Hall–Kier alpha value is -1.44. The Morgan fingerprint density at radius 2 is 1.96 bits per heavy atom. The van der Waals surface area contributed by atoms with E-state index in [2.05, 4.69) is 32.6 Å². The van der Waals surface area contributed by atoms with Crippen LogP contribution in [0, 0.1) is 0 Å². The van der Waals surface area contributed by atoms with Crippen LogP contribution < -0.4 is 9.46 Å². The van der Waals surface area contributed by atoms with E-state index in [4.69, 9.17) is 4.74 Å². The van der Waals surface area contributed by atoms with Crippen LogP contribution in [-0.4, -0.2) is 27.1 Å². The molecular weight excluding hydrogens is 392 g/mol. The molecule has 1 heterocycles. The van der Waals surface area contributed by atoms with Gasteiger partial charge in [-0.05, 0) is 55.2 Å². The molecule has 0 aliphatic heterocycles. The first-order valence-electron chi connectivity index (χ1n) is 7.67. The number of aromatic nitrogens is 1. The number of pyridine rings is 1. The molecule has 0 amide bonds. The van der Waals surface area contributed by atoms with E-state index in [-0.39, 0.29) is 10.8 Å². The minimum Gasteiger partial charge on any atom is -0.497 e. The van der Waals surface area contributed by atoms with Crippen molar-refractivity contribution in [3.05, 3.63) is 52.8 Å². The highest BCUT2D eigenvalue weighted by molar-refractivity contribution is 9.10. The van der Waals surface area contributed by atoms with Crippen LogP contribution in [0.3, 0.4) is 0 Å². The van der Waals surface area contributed by atoms with Crippen molar-refractivity contribution in [2.75, 3.05) is 13.7 Å². The summed E-state index contributed by atoms with van der Waals surface area (Å²) in [5, 5.41) is 0. The number of rotatable bonds is 8. The predicted molar refractivity (Wildman–Crippen MR) is 97.8 cm³/mol. The van der Waals surface area contributed by atoms with Crippen LogP contribution in [0.15, 0.2) is 52.0 Å². The van der Waals surface area contributed by atoms with Crippen molar-refractivity contribution in [3.8, 4) is 5.75 Å². The number of benzene rings is 1. The van der Waals surface area contributed by atoms with Gasteiger partial charge in [0.25, 0.3) is 0 Å². The van der Waals surface area contributed by atoms with Crippen molar-refractivity contribution in [3.63, 3.8) is 0 Å². The number of halogens is 1. The van der Waals surface area contributed by atoms with Gasteiger partial charge in [-0.1, -0.05) is 22.9 Å². The van der Waals surface area contributed by atoms with Crippen LogP contribution in [0.5, 0.6) is 5.75 Å². The lowest BCUT2D eigenvalue weighted by Crippen LogP contribution is -2.25. The van der Waals surface area contributed by atoms with Crippen LogP contribution in [-0.2, 0) is 10.0 Å². The van der Waals surface area contributed by atoms with Crippen molar-refractivity contribution in [1.82, 2.24) is 9.71 Å². The summed E-state index contributed by atoms with van der Waals surface area (Å²) in [5.74, 6) is 0.900. The number of nitrogens with zero attached hydrogens (tertiary/aromatic N) is 1. The number of sulfonamides is 1. The first kappa shape index (κ1) is 18.9. The van der Waals surface area contributed by atoms with E-state index in [0.717, 1.165) is 23.0 Å². The molecule has 1 aromatic heterocycles. The summed E-state index contributed by atoms with van der Waals surface area (Å²) in [4.78, 5) is 4.59. The van der Waals surface area contributed by atoms with Crippen molar-refractivity contribution in [2.45, 2.75) is 30.6 Å². The third-order valence-electron chi connectivity index (χ3n) is 3.72. The van der Waals surface area contributed by atoms with E-state index in [1.54, 1.807) is 25.4 Å². The molecule has 24 heavy (non-hydrogen) atoms. The number of nitrogens with one attached hydrogen (secondary N) is 1. The summed E-state index contributed by atoms with van der Waals surface area (Å²) in [6.45, 7) is 2.49. The Kier molecular flexibility index (Phi) is 6.77. The van der Waals surface area contributed by atoms with Gasteiger partial charge in [0.1, 0.15) is 5.75 Å². The van der Waals surface area contributed by atoms with E-state index in [0.29, 0.717) is 12.3 Å². The van der Waals surface area contributed by atoms with Crippen molar-refractivity contribution >= 4 is 26.0 Å². The van der Waals surface area contributed by atoms with Crippen LogP contribution in [0.4, 0.5) is 0 Å². The second kappa shape index (κ2) is 8.60. The lowest BCUT2D eigenvalue weighted by atomic mass is 10.0. The van der Waals surface area contributed by atoms with Crippen molar-refractivity contribution < 1.29 is 13.2 Å². The normalized spacial score (nSPS) is 12.8. The molecule has 130 valence electrons. The average molecular weight is 413 g/mol. The second-order valence-corrected chi connectivity index (χ2v) is 8.20. The number of ether oxygens (including phenoxy) is 1. The fraction of sp³-hybridized carbons (Fsp3) is 0.353. The molecule has 0 radical (unpaired) electrons. The lowest BCUT2D eigenvalue weighted by molar-refractivity contribution is 0.414. The van der Waals surface area contributed by atoms with Gasteiger partial charge in [-0.25, -0.2) is 13.1 Å². The lowest BCUT2D eigenvalue weighted by Gasteiger charge is -2.12. The summed E-state index contributed by atoms with van der Waals surface area (Å²) in [7, 11) is -1.94. The van der Waals surface area contributed by atoms with Gasteiger partial charge in [0.15, 0.2) is 0 Å². The largest absolute Gasteiger partial charge is 0.497 e. The zero-order chi connectivity index (χ0) is 17.6. The summed E-state index contributed by atoms with van der Waals surface area (Å²) in [6, 6.07) is 10.2. The Bertz CT molecular complexity index is 764. The molecular formula is C17H21BrN2O3S. The Morgan fingerprint density at radius 1 is 1.25 bits per heavy atom. The monoisotopic (exact) mass is 412 g/mol. The fourth-order valence-electron chi connectivity index (χ4n) is 2.29. The van der Waals surface area contributed by atoms with Crippen LogP contribution in [0.2, 0.25) is 0 Å². The summed E-state index contributed by atoms with van der Waals surface area (Å²) >= 11 is 3.43. The number of hydrogen-bond acceptors (Lipinski definition) is 4. The predicted octanol–water partition coefficient (Wildman–Crippen LogP) is 3.71. The molecule has 1 N–H and O–H groups in total. The molecule has 7 heteroatoms. The zero-order valence-corrected chi connectivity index (χ0v) is 16.1. The molecule has 0 aliphatic carbocycles. The van der Waals surface area contributed by atoms with Gasteiger partial charge in [-0.15, -0.1) is 0 Å². The minimum absolute atomic E-state index is 0.241. The first-order chi connectivity index (χ1) is 11.4. The van der Waals surface area contributed by atoms with Gasteiger partial charge in [0.2, 0.25) is 10.0 Å². The minimum atomic E-state index is -3.48. The molecule has 0 spiro atoms. The standard InChI is InChI=1S/C17H21BrN2O3S/c1-13(17-12-14(18)9-11-19-17)4-3-10-20-24(21,22)16-7-5-15(23-2)6-8-16/h5-9,11-13,20H,3-4,10H2,1-2H3. The zero-order valence-electron chi connectivity index (χ0n) is 13.7. The average Bonchev–Trinajstić information content (AvgIpc) is 2.58. The molecule has 0 fully saturated rings. The quantitative estimate of drug-likeness (QED) is 0.670. The van der Waals surface area contributed by atoms with Gasteiger partial charge in [-0.3, -0.25) is 4.98 Å². The highest BCUT2D eigenvalue weighted by atomic mass is 79.9. The molecule has 0 saturated heterocycles. The van der Waals surface area contributed by atoms with Gasteiger partial charge in [-0.2, -0.15) is 0 Å². The maximum Gasteiger partial charge on any atom is 0.240 e. The fourth-order valence-corrected chi connectivity index (χ4v) is 3.72. The molecule has 5 nitrogen and oxygen atoms in total.